The minimum absolute atomic E-state index is 0.312. The van der Waals surface area contributed by atoms with Gasteiger partial charge in [0.15, 0.2) is 0 Å². The van der Waals surface area contributed by atoms with E-state index < -0.39 is 5.97 Å². The van der Waals surface area contributed by atoms with Gasteiger partial charge < -0.3 is 14.9 Å². The van der Waals surface area contributed by atoms with Gasteiger partial charge in [0.1, 0.15) is 0 Å². The minimum atomic E-state index is -0.666. The van der Waals surface area contributed by atoms with Gasteiger partial charge in [0.2, 0.25) is 0 Å². The van der Waals surface area contributed by atoms with Crippen LogP contribution in [0.4, 0.5) is 0 Å². The molecular formula is C17H32N2O2. The van der Waals surface area contributed by atoms with Gasteiger partial charge in [0.25, 0.3) is 0 Å². The number of rotatable bonds is 10. The van der Waals surface area contributed by atoms with Gasteiger partial charge in [0.05, 0.1) is 0 Å². The van der Waals surface area contributed by atoms with E-state index in [1.165, 1.54) is 64.8 Å². The summed E-state index contributed by atoms with van der Waals surface area (Å²) in [4.78, 5) is 15.6. The predicted octanol–water partition coefficient (Wildman–Crippen LogP) is 2.69. The second-order valence-corrected chi connectivity index (χ2v) is 6.91. The molecule has 122 valence electrons. The molecule has 0 atom stereocenters. The second kappa shape index (κ2) is 8.74. The number of hydrogen-bond donors (Lipinski definition) is 1. The first kappa shape index (κ1) is 16.8. The third kappa shape index (κ3) is 6.79. The van der Waals surface area contributed by atoms with Gasteiger partial charge in [-0.15, -0.1) is 0 Å². The first-order valence-corrected chi connectivity index (χ1v) is 8.84. The van der Waals surface area contributed by atoms with Crippen molar-refractivity contribution in [1.82, 2.24) is 9.80 Å². The third-order valence-corrected chi connectivity index (χ3v) is 5.09. The molecule has 2 aliphatic rings. The van der Waals surface area contributed by atoms with E-state index in [9.17, 15) is 4.79 Å². The molecule has 0 aromatic heterocycles. The molecule has 4 heteroatoms. The van der Waals surface area contributed by atoms with Gasteiger partial charge in [-0.3, -0.25) is 4.79 Å². The Morgan fingerprint density at radius 1 is 1.19 bits per heavy atom. The molecule has 21 heavy (non-hydrogen) atoms. The average molecular weight is 296 g/mol. The fraction of sp³-hybridized carbons (Fsp3) is 0.941. The van der Waals surface area contributed by atoms with Crippen LogP contribution in [0.5, 0.6) is 0 Å². The van der Waals surface area contributed by atoms with Crippen molar-refractivity contribution in [3.8, 4) is 0 Å². The molecule has 0 bridgehead atoms. The molecule has 2 fully saturated rings. The van der Waals surface area contributed by atoms with Crippen LogP contribution in [0.2, 0.25) is 0 Å². The van der Waals surface area contributed by atoms with E-state index in [4.69, 9.17) is 5.11 Å². The van der Waals surface area contributed by atoms with Crippen LogP contribution in [0.15, 0.2) is 0 Å². The Morgan fingerprint density at radius 3 is 2.48 bits per heavy atom. The Morgan fingerprint density at radius 2 is 1.90 bits per heavy atom. The molecule has 0 spiro atoms. The monoisotopic (exact) mass is 296 g/mol. The highest BCUT2D eigenvalue weighted by Gasteiger charge is 2.24. The molecule has 1 aliphatic heterocycles. The summed E-state index contributed by atoms with van der Waals surface area (Å²) in [7, 11) is 0. The highest BCUT2D eigenvalue weighted by atomic mass is 16.4. The lowest BCUT2D eigenvalue weighted by Gasteiger charge is -2.33. The van der Waals surface area contributed by atoms with Crippen LogP contribution in [-0.2, 0) is 4.79 Å². The number of piperidine rings is 1. The highest BCUT2D eigenvalue weighted by molar-refractivity contribution is 5.66. The summed E-state index contributed by atoms with van der Waals surface area (Å²) in [5, 5.41) is 8.67. The fourth-order valence-corrected chi connectivity index (χ4v) is 3.36. The van der Waals surface area contributed by atoms with Crippen LogP contribution < -0.4 is 0 Å². The summed E-state index contributed by atoms with van der Waals surface area (Å²) in [6.45, 7) is 9.37. The lowest BCUT2D eigenvalue weighted by atomic mass is 9.93. The number of carbonyl (C=O) groups is 1. The van der Waals surface area contributed by atoms with Crippen LogP contribution in [0.1, 0.15) is 51.9 Å². The molecule has 0 aromatic carbocycles. The third-order valence-electron chi connectivity index (χ3n) is 5.09. The van der Waals surface area contributed by atoms with E-state index in [2.05, 4.69) is 16.7 Å². The van der Waals surface area contributed by atoms with Crippen molar-refractivity contribution in [2.24, 2.45) is 11.8 Å². The zero-order chi connectivity index (χ0) is 15.1. The SMILES string of the molecule is CCN(CCC1CCN(CCCC(=O)O)CC1)CC1CC1. The van der Waals surface area contributed by atoms with E-state index >= 15 is 0 Å². The van der Waals surface area contributed by atoms with Crippen molar-refractivity contribution >= 4 is 5.97 Å². The zero-order valence-electron chi connectivity index (χ0n) is 13.6. The first-order valence-electron chi connectivity index (χ1n) is 8.84. The maximum Gasteiger partial charge on any atom is 0.303 e. The van der Waals surface area contributed by atoms with Gasteiger partial charge in [-0.2, -0.15) is 0 Å². The fourth-order valence-electron chi connectivity index (χ4n) is 3.36. The van der Waals surface area contributed by atoms with Gasteiger partial charge >= 0.3 is 5.97 Å². The number of aliphatic carboxylic acids is 1. The van der Waals surface area contributed by atoms with E-state index in [1.54, 1.807) is 0 Å². The topological polar surface area (TPSA) is 43.8 Å². The van der Waals surface area contributed by atoms with E-state index in [0.717, 1.165) is 24.8 Å². The number of carboxylic acids is 1. The molecule has 0 radical (unpaired) electrons. The van der Waals surface area contributed by atoms with Crippen LogP contribution in [0, 0.1) is 11.8 Å². The normalized spacial score (nSPS) is 21.0. The van der Waals surface area contributed by atoms with Crippen LogP contribution in [0.3, 0.4) is 0 Å². The summed E-state index contributed by atoms with van der Waals surface area (Å²) in [6.07, 6.45) is 7.96. The largest absolute Gasteiger partial charge is 0.481 e. The Bertz CT molecular complexity index is 310. The summed E-state index contributed by atoms with van der Waals surface area (Å²) in [5.41, 5.74) is 0. The zero-order valence-corrected chi connectivity index (χ0v) is 13.6. The molecule has 1 saturated carbocycles. The Balaban J connectivity index is 1.54. The summed E-state index contributed by atoms with van der Waals surface area (Å²) in [6, 6.07) is 0. The lowest BCUT2D eigenvalue weighted by Crippen LogP contribution is -2.36. The quantitative estimate of drug-likeness (QED) is 0.673. The molecule has 1 aliphatic carbocycles. The minimum Gasteiger partial charge on any atom is -0.481 e. The van der Waals surface area contributed by atoms with Crippen LogP contribution in [-0.4, -0.2) is 60.1 Å². The van der Waals surface area contributed by atoms with E-state index in [0.29, 0.717) is 6.42 Å². The van der Waals surface area contributed by atoms with Gasteiger partial charge in [-0.05, 0) is 83.1 Å². The van der Waals surface area contributed by atoms with Crippen molar-refractivity contribution in [3.05, 3.63) is 0 Å². The molecule has 1 N–H and O–H groups in total. The summed E-state index contributed by atoms with van der Waals surface area (Å²) < 4.78 is 0. The molecule has 1 heterocycles. The van der Waals surface area contributed by atoms with Crippen molar-refractivity contribution < 1.29 is 9.90 Å². The predicted molar refractivity (Wildman–Crippen MR) is 85.5 cm³/mol. The Labute approximate surface area is 129 Å². The van der Waals surface area contributed by atoms with Crippen molar-refractivity contribution in [2.45, 2.75) is 51.9 Å². The van der Waals surface area contributed by atoms with Crippen molar-refractivity contribution in [3.63, 3.8) is 0 Å². The lowest BCUT2D eigenvalue weighted by molar-refractivity contribution is -0.137. The molecule has 0 amide bonds. The molecule has 0 aromatic rings. The maximum absolute atomic E-state index is 10.5. The number of carboxylic acid groups (broad SMARTS) is 1. The maximum atomic E-state index is 10.5. The van der Waals surface area contributed by atoms with Crippen molar-refractivity contribution in [2.75, 3.05) is 39.3 Å². The number of nitrogens with zero attached hydrogens (tertiary/aromatic N) is 2. The number of hydrogen-bond acceptors (Lipinski definition) is 3. The Kier molecular flexibility index (Phi) is 6.97. The van der Waals surface area contributed by atoms with E-state index in [-0.39, 0.29) is 0 Å². The molecular weight excluding hydrogens is 264 g/mol. The van der Waals surface area contributed by atoms with E-state index in [1.807, 2.05) is 0 Å². The van der Waals surface area contributed by atoms with Gasteiger partial charge in [-0.1, -0.05) is 6.92 Å². The molecule has 1 saturated heterocycles. The number of likely N-dealkylation sites (tertiary alicyclic amines) is 1. The smallest absolute Gasteiger partial charge is 0.303 e. The second-order valence-electron chi connectivity index (χ2n) is 6.91. The molecule has 0 unspecified atom stereocenters. The standard InChI is InChI=1S/C17H32N2O2/c1-2-18(14-16-5-6-16)11-7-15-8-12-19(13-9-15)10-3-4-17(20)21/h15-16H,2-14H2,1H3,(H,20,21). The summed E-state index contributed by atoms with van der Waals surface area (Å²) in [5.74, 6) is 1.22. The van der Waals surface area contributed by atoms with Crippen LogP contribution >= 0.6 is 0 Å². The van der Waals surface area contributed by atoms with Crippen molar-refractivity contribution in [1.29, 1.82) is 0 Å². The Hall–Kier alpha value is -0.610. The average Bonchev–Trinajstić information content (AvgIpc) is 3.28. The van der Waals surface area contributed by atoms with Gasteiger partial charge in [-0.25, -0.2) is 0 Å². The first-order chi connectivity index (χ1) is 10.2. The highest BCUT2D eigenvalue weighted by Crippen LogP contribution is 2.30. The summed E-state index contributed by atoms with van der Waals surface area (Å²) >= 11 is 0. The molecule has 4 nitrogen and oxygen atoms in total. The van der Waals surface area contributed by atoms with Crippen LogP contribution in [0.25, 0.3) is 0 Å². The molecule has 2 rings (SSSR count). The van der Waals surface area contributed by atoms with Gasteiger partial charge in [0, 0.05) is 13.0 Å².